The van der Waals surface area contributed by atoms with E-state index in [4.69, 9.17) is 4.98 Å². The van der Waals surface area contributed by atoms with Crippen molar-refractivity contribution in [3.05, 3.63) is 29.6 Å². The van der Waals surface area contributed by atoms with Crippen LogP contribution >= 0.6 is 0 Å². The Morgan fingerprint density at radius 3 is 2.55 bits per heavy atom. The monoisotopic (exact) mass is 275 g/mol. The minimum Gasteiger partial charge on any atom is -0.306 e. The summed E-state index contributed by atoms with van der Waals surface area (Å²) in [6, 6.07) is 6.39. The van der Waals surface area contributed by atoms with Gasteiger partial charge in [0, 0.05) is 25.2 Å². The maximum absolute atomic E-state index is 4.79. The summed E-state index contributed by atoms with van der Waals surface area (Å²) in [6.45, 7) is 13.0. The molecule has 0 aliphatic heterocycles. The van der Waals surface area contributed by atoms with E-state index in [-0.39, 0.29) is 5.54 Å². The van der Waals surface area contributed by atoms with E-state index in [2.05, 4.69) is 56.1 Å². The van der Waals surface area contributed by atoms with Crippen molar-refractivity contribution >= 4 is 0 Å². The van der Waals surface area contributed by atoms with Crippen molar-refractivity contribution in [2.24, 2.45) is 5.92 Å². The second kappa shape index (κ2) is 6.68. The Balaban J connectivity index is 1.90. The largest absolute Gasteiger partial charge is 0.306 e. The zero-order chi connectivity index (χ0) is 14.6. The fourth-order valence-electron chi connectivity index (χ4n) is 2.27. The van der Waals surface area contributed by atoms with Gasteiger partial charge >= 0.3 is 0 Å². The molecule has 0 bridgehead atoms. The van der Waals surface area contributed by atoms with Crippen molar-refractivity contribution in [3.63, 3.8) is 0 Å². The van der Waals surface area contributed by atoms with Crippen LogP contribution < -0.4 is 5.32 Å². The van der Waals surface area contributed by atoms with Crippen molar-refractivity contribution in [1.29, 1.82) is 0 Å². The number of pyridine rings is 1. The first kappa shape index (κ1) is 15.5. The van der Waals surface area contributed by atoms with Gasteiger partial charge in [0.25, 0.3) is 0 Å². The molecule has 1 heterocycles. The molecule has 0 aromatic carbocycles. The highest BCUT2D eigenvalue weighted by Gasteiger charge is 2.23. The summed E-state index contributed by atoms with van der Waals surface area (Å²) in [5.74, 6) is 0.945. The fourth-order valence-corrected chi connectivity index (χ4v) is 2.27. The lowest BCUT2D eigenvalue weighted by molar-refractivity contribution is 0.265. The molecule has 0 amide bonds. The van der Waals surface area contributed by atoms with Gasteiger partial charge in [-0.05, 0) is 58.2 Å². The van der Waals surface area contributed by atoms with Crippen molar-refractivity contribution < 1.29 is 0 Å². The van der Waals surface area contributed by atoms with Gasteiger partial charge in [0.1, 0.15) is 0 Å². The number of aromatic nitrogens is 1. The zero-order valence-electron chi connectivity index (χ0n) is 13.4. The van der Waals surface area contributed by atoms with Gasteiger partial charge in [0.05, 0.1) is 11.4 Å². The van der Waals surface area contributed by atoms with E-state index in [0.717, 1.165) is 31.2 Å². The average Bonchev–Trinajstić information content (AvgIpc) is 3.19. The maximum atomic E-state index is 4.79. The molecule has 0 unspecified atom stereocenters. The number of nitrogens with one attached hydrogen (secondary N) is 1. The molecule has 0 radical (unpaired) electrons. The molecule has 1 aromatic rings. The van der Waals surface area contributed by atoms with E-state index in [1.54, 1.807) is 0 Å². The lowest BCUT2D eigenvalue weighted by atomic mass is 10.1. The highest BCUT2D eigenvalue weighted by atomic mass is 15.1. The smallest absolute Gasteiger partial charge is 0.0547 e. The molecule has 1 saturated carbocycles. The Bertz CT molecular complexity index is 418. The van der Waals surface area contributed by atoms with E-state index in [0.29, 0.717) is 0 Å². The van der Waals surface area contributed by atoms with E-state index in [9.17, 15) is 0 Å². The van der Waals surface area contributed by atoms with Crippen molar-refractivity contribution in [2.75, 3.05) is 13.1 Å². The Labute approximate surface area is 123 Å². The summed E-state index contributed by atoms with van der Waals surface area (Å²) in [5.41, 5.74) is 2.47. The molecular weight excluding hydrogens is 246 g/mol. The quantitative estimate of drug-likeness (QED) is 0.828. The number of rotatable bonds is 7. The lowest BCUT2D eigenvalue weighted by Crippen LogP contribution is -2.35. The topological polar surface area (TPSA) is 28.2 Å². The number of hydrogen-bond donors (Lipinski definition) is 1. The molecule has 3 heteroatoms. The molecule has 0 saturated heterocycles. The predicted molar refractivity (Wildman–Crippen MR) is 84.5 cm³/mol. The van der Waals surface area contributed by atoms with Gasteiger partial charge in [-0.2, -0.15) is 0 Å². The van der Waals surface area contributed by atoms with Gasteiger partial charge in [-0.3, -0.25) is 9.88 Å². The summed E-state index contributed by atoms with van der Waals surface area (Å²) < 4.78 is 0. The van der Waals surface area contributed by atoms with Crippen LogP contribution in [0.15, 0.2) is 18.2 Å². The standard InChI is InChI=1S/C17H29N3/c1-5-20(12-14-9-10-14)13-16-8-6-7-15(19-16)11-18-17(2,3)4/h6-8,14,18H,5,9-13H2,1-4H3. The summed E-state index contributed by atoms with van der Waals surface area (Å²) in [5, 5.41) is 3.50. The Morgan fingerprint density at radius 2 is 1.95 bits per heavy atom. The van der Waals surface area contributed by atoms with Crippen molar-refractivity contribution in [2.45, 2.75) is 59.2 Å². The second-order valence-electron chi connectivity index (χ2n) is 6.99. The minimum absolute atomic E-state index is 0.138. The van der Waals surface area contributed by atoms with Crippen LogP contribution in [0.2, 0.25) is 0 Å². The molecule has 2 rings (SSSR count). The third-order valence-corrected chi connectivity index (χ3v) is 3.71. The zero-order valence-corrected chi connectivity index (χ0v) is 13.4. The van der Waals surface area contributed by atoms with Gasteiger partial charge in [-0.25, -0.2) is 0 Å². The van der Waals surface area contributed by atoms with Gasteiger partial charge in [0.2, 0.25) is 0 Å². The summed E-state index contributed by atoms with van der Waals surface area (Å²) >= 11 is 0. The molecule has 1 fully saturated rings. The Morgan fingerprint density at radius 1 is 1.25 bits per heavy atom. The van der Waals surface area contributed by atoms with Gasteiger partial charge in [-0.15, -0.1) is 0 Å². The highest BCUT2D eigenvalue weighted by molar-refractivity contribution is 5.11. The third kappa shape index (κ3) is 5.59. The molecule has 0 atom stereocenters. The number of hydrogen-bond acceptors (Lipinski definition) is 3. The van der Waals surface area contributed by atoms with Crippen molar-refractivity contribution in [3.8, 4) is 0 Å². The molecule has 20 heavy (non-hydrogen) atoms. The molecule has 1 aliphatic carbocycles. The summed E-state index contributed by atoms with van der Waals surface area (Å²) in [7, 11) is 0. The van der Waals surface area contributed by atoms with E-state index < -0.39 is 0 Å². The number of nitrogens with zero attached hydrogens (tertiary/aromatic N) is 2. The van der Waals surface area contributed by atoms with Gasteiger partial charge in [-0.1, -0.05) is 13.0 Å². The Kier molecular flexibility index (Phi) is 5.17. The van der Waals surface area contributed by atoms with Gasteiger partial charge in [0.15, 0.2) is 0 Å². The molecule has 3 nitrogen and oxygen atoms in total. The predicted octanol–water partition coefficient (Wildman–Crippen LogP) is 3.20. The molecule has 1 aliphatic rings. The third-order valence-electron chi connectivity index (χ3n) is 3.71. The summed E-state index contributed by atoms with van der Waals surface area (Å²) in [6.07, 6.45) is 2.83. The molecule has 1 aromatic heterocycles. The van der Waals surface area contributed by atoms with E-state index in [1.165, 1.54) is 25.1 Å². The van der Waals surface area contributed by atoms with Crippen LogP contribution in [-0.4, -0.2) is 28.5 Å². The molecule has 0 spiro atoms. The molecular formula is C17H29N3. The summed E-state index contributed by atoms with van der Waals surface area (Å²) in [4.78, 5) is 7.30. The first-order valence-electron chi connectivity index (χ1n) is 7.88. The molecule has 1 N–H and O–H groups in total. The average molecular weight is 275 g/mol. The van der Waals surface area contributed by atoms with Crippen LogP contribution in [0.3, 0.4) is 0 Å². The maximum Gasteiger partial charge on any atom is 0.0547 e. The second-order valence-corrected chi connectivity index (χ2v) is 6.99. The van der Waals surface area contributed by atoms with Crippen LogP contribution in [-0.2, 0) is 13.1 Å². The van der Waals surface area contributed by atoms with Crippen LogP contribution in [0.25, 0.3) is 0 Å². The van der Waals surface area contributed by atoms with Crippen molar-refractivity contribution in [1.82, 2.24) is 15.2 Å². The SMILES string of the molecule is CCN(Cc1cccc(CNC(C)(C)C)n1)CC1CC1. The van der Waals surface area contributed by atoms with Gasteiger partial charge < -0.3 is 5.32 Å². The first-order chi connectivity index (χ1) is 9.46. The van der Waals surface area contributed by atoms with Crippen LogP contribution in [0, 0.1) is 5.92 Å². The van der Waals surface area contributed by atoms with Crippen LogP contribution in [0.5, 0.6) is 0 Å². The highest BCUT2D eigenvalue weighted by Crippen LogP contribution is 2.29. The lowest BCUT2D eigenvalue weighted by Gasteiger charge is -2.21. The normalized spacial score (nSPS) is 15.8. The Hall–Kier alpha value is -0.930. The van der Waals surface area contributed by atoms with E-state index in [1.807, 2.05) is 0 Å². The first-order valence-corrected chi connectivity index (χ1v) is 7.88. The van der Waals surface area contributed by atoms with Crippen LogP contribution in [0.4, 0.5) is 0 Å². The molecule has 112 valence electrons. The minimum atomic E-state index is 0.138. The van der Waals surface area contributed by atoms with Crippen LogP contribution in [0.1, 0.15) is 51.9 Å². The fraction of sp³-hybridized carbons (Fsp3) is 0.706. The van der Waals surface area contributed by atoms with E-state index >= 15 is 0 Å².